The number of hydrogen-bond donors (Lipinski definition) is 1. The Morgan fingerprint density at radius 3 is 2.67 bits per heavy atom. The molecular formula is C16H22N2O2S. The van der Waals surface area contributed by atoms with Crippen molar-refractivity contribution >= 4 is 10.0 Å². The second-order valence-electron chi connectivity index (χ2n) is 5.73. The van der Waals surface area contributed by atoms with E-state index in [2.05, 4.69) is 11.8 Å². The largest absolute Gasteiger partial charge is 0.320 e. The van der Waals surface area contributed by atoms with Gasteiger partial charge in [0, 0.05) is 18.2 Å². The highest BCUT2D eigenvalue weighted by Gasteiger charge is 2.38. The number of sulfonamides is 1. The molecule has 2 N–H and O–H groups in total. The maximum absolute atomic E-state index is 12.8. The lowest BCUT2D eigenvalue weighted by atomic mass is 10.2. The fourth-order valence-electron chi connectivity index (χ4n) is 2.19. The van der Waals surface area contributed by atoms with Crippen molar-refractivity contribution in [3.8, 4) is 11.8 Å². The Bertz CT molecular complexity index is 652. The van der Waals surface area contributed by atoms with Crippen LogP contribution in [0.5, 0.6) is 0 Å². The van der Waals surface area contributed by atoms with E-state index < -0.39 is 10.0 Å². The molecule has 1 saturated carbocycles. The molecule has 0 aromatic heterocycles. The number of rotatable bonds is 5. The minimum Gasteiger partial charge on any atom is -0.320 e. The minimum atomic E-state index is -3.45. The summed E-state index contributed by atoms with van der Waals surface area (Å²) in [6.07, 6.45) is 1.91. The van der Waals surface area contributed by atoms with Crippen LogP contribution in [0.15, 0.2) is 29.2 Å². The molecule has 21 heavy (non-hydrogen) atoms. The molecule has 0 heterocycles. The molecule has 0 radical (unpaired) electrons. The Morgan fingerprint density at radius 2 is 2.10 bits per heavy atom. The summed E-state index contributed by atoms with van der Waals surface area (Å²) in [6, 6.07) is 6.96. The molecule has 5 heteroatoms. The third-order valence-electron chi connectivity index (χ3n) is 3.27. The van der Waals surface area contributed by atoms with Gasteiger partial charge in [-0.25, -0.2) is 8.42 Å². The van der Waals surface area contributed by atoms with E-state index in [1.54, 1.807) is 28.6 Å². The third kappa shape index (κ3) is 4.07. The van der Waals surface area contributed by atoms with Crippen molar-refractivity contribution in [2.45, 2.75) is 37.6 Å². The lowest BCUT2D eigenvalue weighted by Crippen LogP contribution is -2.36. The van der Waals surface area contributed by atoms with E-state index in [9.17, 15) is 8.42 Å². The van der Waals surface area contributed by atoms with Crippen molar-refractivity contribution in [3.63, 3.8) is 0 Å². The number of benzene rings is 1. The molecule has 0 bridgehead atoms. The van der Waals surface area contributed by atoms with Crippen LogP contribution in [0.1, 0.15) is 32.3 Å². The monoisotopic (exact) mass is 306 g/mol. The summed E-state index contributed by atoms with van der Waals surface area (Å²) in [5.74, 6) is 5.94. The molecule has 1 aromatic rings. The second kappa shape index (κ2) is 6.61. The second-order valence-corrected chi connectivity index (χ2v) is 7.62. The predicted octanol–water partition coefficient (Wildman–Crippen LogP) is 1.81. The van der Waals surface area contributed by atoms with Gasteiger partial charge in [0.2, 0.25) is 10.0 Å². The smallest absolute Gasteiger partial charge is 0.243 e. The van der Waals surface area contributed by atoms with Crippen LogP contribution in [0.25, 0.3) is 0 Å². The molecule has 1 aromatic carbocycles. The van der Waals surface area contributed by atoms with E-state index in [1.165, 1.54) is 0 Å². The van der Waals surface area contributed by atoms with Crippen LogP contribution in [-0.4, -0.2) is 31.9 Å². The molecule has 0 spiro atoms. The number of nitrogens with two attached hydrogens (primary N) is 1. The lowest BCUT2D eigenvalue weighted by molar-refractivity contribution is 0.360. The average Bonchev–Trinajstić information content (AvgIpc) is 3.27. The quantitative estimate of drug-likeness (QED) is 0.844. The summed E-state index contributed by atoms with van der Waals surface area (Å²) in [5, 5.41) is 0. The van der Waals surface area contributed by atoms with Gasteiger partial charge in [-0.1, -0.05) is 31.8 Å². The first-order chi connectivity index (χ1) is 9.95. The zero-order valence-corrected chi connectivity index (χ0v) is 13.4. The van der Waals surface area contributed by atoms with Gasteiger partial charge in [-0.3, -0.25) is 0 Å². The van der Waals surface area contributed by atoms with E-state index >= 15 is 0 Å². The van der Waals surface area contributed by atoms with Gasteiger partial charge in [0.15, 0.2) is 0 Å². The van der Waals surface area contributed by atoms with Crippen LogP contribution < -0.4 is 5.73 Å². The average molecular weight is 306 g/mol. The van der Waals surface area contributed by atoms with Crippen molar-refractivity contribution < 1.29 is 8.42 Å². The molecule has 0 unspecified atom stereocenters. The molecular weight excluding hydrogens is 284 g/mol. The fraction of sp³-hybridized carbons (Fsp3) is 0.500. The highest BCUT2D eigenvalue weighted by Crippen LogP contribution is 2.32. The molecule has 1 fully saturated rings. The molecule has 2 rings (SSSR count). The first-order valence-electron chi connectivity index (χ1n) is 7.26. The summed E-state index contributed by atoms with van der Waals surface area (Å²) < 4.78 is 27.3. The molecule has 0 aliphatic heterocycles. The number of nitrogens with zero attached hydrogens (tertiary/aromatic N) is 1. The molecule has 4 nitrogen and oxygen atoms in total. The summed E-state index contributed by atoms with van der Waals surface area (Å²) in [6.45, 7) is 4.90. The number of hydrogen-bond acceptors (Lipinski definition) is 3. The minimum absolute atomic E-state index is 0.163. The van der Waals surface area contributed by atoms with Gasteiger partial charge in [0.1, 0.15) is 0 Å². The normalized spacial score (nSPS) is 15.1. The Hall–Kier alpha value is -1.35. The van der Waals surface area contributed by atoms with Gasteiger partial charge >= 0.3 is 0 Å². The molecule has 0 amide bonds. The van der Waals surface area contributed by atoms with Crippen molar-refractivity contribution in [2.75, 3.05) is 13.1 Å². The van der Waals surface area contributed by atoms with E-state index in [0.717, 1.165) is 12.8 Å². The van der Waals surface area contributed by atoms with Gasteiger partial charge in [-0.15, -0.1) is 0 Å². The van der Waals surface area contributed by atoms with Crippen LogP contribution in [0, 0.1) is 17.8 Å². The zero-order chi connectivity index (χ0) is 15.5. The lowest BCUT2D eigenvalue weighted by Gasteiger charge is -2.23. The van der Waals surface area contributed by atoms with Crippen LogP contribution in [0.3, 0.4) is 0 Å². The molecule has 114 valence electrons. The first-order valence-corrected chi connectivity index (χ1v) is 8.70. The van der Waals surface area contributed by atoms with Gasteiger partial charge in [0.25, 0.3) is 0 Å². The van der Waals surface area contributed by atoms with E-state index in [0.29, 0.717) is 22.9 Å². The Morgan fingerprint density at radius 1 is 1.38 bits per heavy atom. The van der Waals surface area contributed by atoms with Gasteiger partial charge in [-0.05, 0) is 37.0 Å². The molecule has 0 atom stereocenters. The van der Waals surface area contributed by atoms with E-state index in [1.807, 2.05) is 13.8 Å². The Labute approximate surface area is 127 Å². The van der Waals surface area contributed by atoms with Gasteiger partial charge < -0.3 is 5.73 Å². The van der Waals surface area contributed by atoms with Crippen molar-refractivity contribution in [2.24, 2.45) is 11.7 Å². The Balaban J connectivity index is 2.33. The van der Waals surface area contributed by atoms with Gasteiger partial charge in [-0.2, -0.15) is 4.31 Å². The maximum Gasteiger partial charge on any atom is 0.243 e. The maximum atomic E-state index is 12.8. The SMILES string of the molecule is CC(C)CN(C1CC1)S(=O)(=O)c1cccc(C#CCN)c1. The summed E-state index contributed by atoms with van der Waals surface area (Å²) in [4.78, 5) is 0.318. The summed E-state index contributed by atoms with van der Waals surface area (Å²) in [5.41, 5.74) is 6.03. The molecule has 1 aliphatic carbocycles. The van der Waals surface area contributed by atoms with Crippen LogP contribution in [-0.2, 0) is 10.0 Å². The zero-order valence-electron chi connectivity index (χ0n) is 12.5. The van der Waals surface area contributed by atoms with Crippen molar-refractivity contribution in [1.29, 1.82) is 0 Å². The predicted molar refractivity (Wildman–Crippen MR) is 84.1 cm³/mol. The van der Waals surface area contributed by atoms with Crippen LogP contribution >= 0.6 is 0 Å². The fourth-order valence-corrected chi connectivity index (χ4v) is 4.08. The summed E-state index contributed by atoms with van der Waals surface area (Å²) >= 11 is 0. The first kappa shape index (κ1) is 16.0. The van der Waals surface area contributed by atoms with Gasteiger partial charge in [0.05, 0.1) is 11.4 Å². The van der Waals surface area contributed by atoms with E-state index in [4.69, 9.17) is 5.73 Å². The van der Waals surface area contributed by atoms with Crippen molar-refractivity contribution in [3.05, 3.63) is 29.8 Å². The van der Waals surface area contributed by atoms with E-state index in [-0.39, 0.29) is 12.6 Å². The van der Waals surface area contributed by atoms with Crippen LogP contribution in [0.2, 0.25) is 0 Å². The molecule has 1 aliphatic rings. The Kier molecular flexibility index (Phi) is 5.04. The highest BCUT2D eigenvalue weighted by atomic mass is 32.2. The molecule has 0 saturated heterocycles. The van der Waals surface area contributed by atoms with Crippen LogP contribution in [0.4, 0.5) is 0 Å². The third-order valence-corrected chi connectivity index (χ3v) is 5.19. The topological polar surface area (TPSA) is 63.4 Å². The standard InChI is InChI=1S/C16H22N2O2S/c1-13(2)12-18(15-8-9-15)21(19,20)16-7-3-5-14(11-16)6-4-10-17/h3,5,7,11,13,15H,8-10,12,17H2,1-2H3. The highest BCUT2D eigenvalue weighted by molar-refractivity contribution is 7.89. The van der Waals surface area contributed by atoms with Crippen molar-refractivity contribution in [1.82, 2.24) is 4.31 Å². The summed E-state index contributed by atoms with van der Waals surface area (Å²) in [7, 11) is -3.45.